The van der Waals surface area contributed by atoms with Gasteiger partial charge in [-0.05, 0) is 136 Å². The topological polar surface area (TPSA) is 297 Å². The van der Waals surface area contributed by atoms with Crippen LogP contribution in [0.25, 0.3) is 20.4 Å². The van der Waals surface area contributed by atoms with Gasteiger partial charge in [0.15, 0.2) is 22.8 Å². The van der Waals surface area contributed by atoms with E-state index >= 15 is 0 Å². The molecule has 7 aromatic rings. The molecule has 8 amide bonds. The SMILES string of the molecule is CCOC(CN(Cc1cccc2sc(NC(=O)OC(C)(C)C)nc12)C(=O)[C@@H](N)Cc1ccc(C)cc1)OC.CCOC(CN(Cc1cccc2sc(NC(=O)OC(C)(C)C)nc12)C(=O)[C@H](Cc1ccc(C)cc1)NC(=O)CN(C(=O)OC(C)(C)C)N(C)C(=O)NCc1ccccc1)OC. The Bertz CT molecular complexity index is 3800. The molecule has 0 fully saturated rings. The lowest BCUT2D eigenvalue weighted by Gasteiger charge is -2.34. The zero-order chi connectivity index (χ0) is 72.8. The van der Waals surface area contributed by atoms with Crippen molar-refractivity contribution >= 4 is 95.4 Å². The number of anilines is 2. The number of hydrogen-bond donors (Lipinski definition) is 5. The highest BCUT2D eigenvalue weighted by atomic mass is 32.1. The molecule has 0 spiro atoms. The first-order valence-electron chi connectivity index (χ1n) is 32.6. The molecule has 0 bridgehead atoms. The number of aryl methyl sites for hydroxylation is 2. The second-order valence-electron chi connectivity index (χ2n) is 26.3. The van der Waals surface area contributed by atoms with E-state index < -0.39 is 84.1 Å². The molecule has 2 heterocycles. The zero-order valence-electron chi connectivity index (χ0n) is 59.6. The average Bonchev–Trinajstić information content (AvgIpc) is 1.59. The molecule has 0 aliphatic rings. The number of carbonyl (C=O) groups excluding carboxylic acids is 7. The number of hydrogen-bond acceptors (Lipinski definition) is 19. The monoisotopic (exact) mass is 1400 g/mol. The van der Waals surface area contributed by atoms with Gasteiger partial charge in [0, 0.05) is 60.5 Å². The van der Waals surface area contributed by atoms with E-state index in [0.29, 0.717) is 46.5 Å². The van der Waals surface area contributed by atoms with Gasteiger partial charge in [0.2, 0.25) is 17.7 Å². The van der Waals surface area contributed by atoms with Crippen LogP contribution in [0.1, 0.15) is 115 Å². The highest BCUT2D eigenvalue weighted by molar-refractivity contribution is 7.22. The Morgan fingerprint density at radius 3 is 1.43 bits per heavy atom. The molecule has 5 aromatic carbocycles. The maximum absolute atomic E-state index is 14.9. The highest BCUT2D eigenvalue weighted by Gasteiger charge is 2.35. The van der Waals surface area contributed by atoms with Crippen LogP contribution in [0.3, 0.4) is 0 Å². The van der Waals surface area contributed by atoms with Gasteiger partial charge in [-0.3, -0.25) is 25.0 Å². The molecule has 99 heavy (non-hydrogen) atoms. The van der Waals surface area contributed by atoms with E-state index in [-0.39, 0.29) is 45.1 Å². The predicted molar refractivity (Wildman–Crippen MR) is 384 cm³/mol. The van der Waals surface area contributed by atoms with Crippen LogP contribution in [0.2, 0.25) is 0 Å². The Labute approximate surface area is 588 Å². The Kier molecular flexibility index (Phi) is 29.5. The van der Waals surface area contributed by atoms with Gasteiger partial charge in [0.25, 0.3) is 0 Å². The minimum Gasteiger partial charge on any atom is -0.444 e. The van der Waals surface area contributed by atoms with Crippen LogP contribution in [0.5, 0.6) is 0 Å². The third-order valence-corrected chi connectivity index (χ3v) is 16.3. The third-order valence-electron chi connectivity index (χ3n) is 14.5. The summed E-state index contributed by atoms with van der Waals surface area (Å²) >= 11 is 2.59. The Morgan fingerprint density at radius 1 is 0.556 bits per heavy atom. The van der Waals surface area contributed by atoms with Crippen molar-refractivity contribution in [1.29, 1.82) is 0 Å². The van der Waals surface area contributed by atoms with Gasteiger partial charge in [-0.15, -0.1) is 0 Å². The highest BCUT2D eigenvalue weighted by Crippen LogP contribution is 2.32. The molecule has 536 valence electrons. The molecule has 25 nitrogen and oxygen atoms in total. The second-order valence-corrected chi connectivity index (χ2v) is 28.4. The summed E-state index contributed by atoms with van der Waals surface area (Å²) < 4.78 is 40.6. The van der Waals surface area contributed by atoms with Crippen LogP contribution in [0, 0.1) is 13.8 Å². The van der Waals surface area contributed by atoms with Gasteiger partial charge in [0.05, 0.1) is 39.6 Å². The number of amides is 8. The largest absolute Gasteiger partial charge is 0.444 e. The molecular formula is C72H97N11O14S2. The minimum atomic E-state index is -1.16. The number of fused-ring (bicyclic) bond motifs is 2. The Balaban J connectivity index is 0.000000348. The third kappa shape index (κ3) is 26.1. The van der Waals surface area contributed by atoms with E-state index in [1.165, 1.54) is 41.7 Å². The number of rotatable bonds is 27. The number of benzene rings is 5. The van der Waals surface area contributed by atoms with Crippen molar-refractivity contribution in [1.82, 2.24) is 40.4 Å². The lowest BCUT2D eigenvalue weighted by Crippen LogP contribution is -2.57. The van der Waals surface area contributed by atoms with Crippen molar-refractivity contribution in [3.8, 4) is 0 Å². The van der Waals surface area contributed by atoms with Crippen LogP contribution in [-0.2, 0) is 80.0 Å². The van der Waals surface area contributed by atoms with Gasteiger partial charge in [-0.25, -0.2) is 39.2 Å². The number of para-hydroxylation sites is 2. The van der Waals surface area contributed by atoms with Crippen LogP contribution in [-0.4, -0.2) is 167 Å². The van der Waals surface area contributed by atoms with Crippen LogP contribution >= 0.6 is 22.7 Å². The molecule has 0 saturated heterocycles. The van der Waals surface area contributed by atoms with Crippen molar-refractivity contribution in [3.05, 3.63) is 154 Å². The summed E-state index contributed by atoms with van der Waals surface area (Å²) in [6.45, 7) is 24.0. The van der Waals surface area contributed by atoms with Crippen LogP contribution in [0.4, 0.5) is 29.4 Å². The molecule has 0 radical (unpaired) electrons. The minimum absolute atomic E-state index is 0.0212. The van der Waals surface area contributed by atoms with Crippen molar-refractivity contribution in [3.63, 3.8) is 0 Å². The molecule has 6 N–H and O–H groups in total. The number of hydrazine groups is 1. The summed E-state index contributed by atoms with van der Waals surface area (Å²) in [5.74, 6) is -1.43. The summed E-state index contributed by atoms with van der Waals surface area (Å²) in [7, 11) is 4.37. The first-order chi connectivity index (χ1) is 46.7. The number of thiazole rings is 2. The van der Waals surface area contributed by atoms with E-state index in [1.54, 1.807) is 74.3 Å². The van der Waals surface area contributed by atoms with E-state index in [1.807, 2.05) is 143 Å². The number of nitrogens with zero attached hydrogens (tertiary/aromatic N) is 6. The molecule has 0 saturated carbocycles. The maximum atomic E-state index is 14.9. The first-order valence-corrected chi connectivity index (χ1v) is 34.2. The molecule has 0 aliphatic carbocycles. The Morgan fingerprint density at radius 2 is 1.00 bits per heavy atom. The normalized spacial score (nSPS) is 12.8. The lowest BCUT2D eigenvalue weighted by molar-refractivity contribution is -0.154. The number of carbonyl (C=O) groups is 7. The molecule has 0 aliphatic heterocycles. The number of urea groups is 1. The molecule has 7 rings (SSSR count). The standard InChI is InChI=1S/C44H59N7O9S.C28H38N4O5S/c1-11-58-36(57-10)28-50(26-32-18-15-19-34-37(32)47-39(61-34)48-41(55)59-43(3,4)5)38(53)33(24-30-22-20-29(2)21-23-30)46-35(52)27-51(42(56)60-44(6,7)8)49(9)40(54)45-25-31-16-13-12-14-17-31;1-7-36-23(35-6)17-32(25(33)21(29)15-19-13-11-18(2)12-14-19)16-20-9-8-10-22-24(20)30-26(38-22)31-27(34)37-28(3,4)5/h12-23,33,36H,11,24-28H2,1-10H3,(H,45,54)(H,46,52)(H,47,48,55);8-14,21,23H,7,15-17,29H2,1-6H3,(H,30,31,34)/t33-,36?;21-,23?/m00/s1. The predicted octanol–water partition coefficient (Wildman–Crippen LogP) is 11.9. The number of nitrogens with two attached hydrogens (primary N) is 1. The fourth-order valence-corrected chi connectivity index (χ4v) is 11.6. The molecule has 2 unspecified atom stereocenters. The summed E-state index contributed by atoms with van der Waals surface area (Å²) in [5, 5.41) is 13.6. The fourth-order valence-electron chi connectivity index (χ4n) is 9.81. The van der Waals surface area contributed by atoms with E-state index in [4.69, 9.17) is 38.9 Å². The van der Waals surface area contributed by atoms with Crippen molar-refractivity contribution in [2.24, 2.45) is 5.73 Å². The van der Waals surface area contributed by atoms with Gasteiger partial charge in [-0.2, -0.15) is 0 Å². The fraction of sp³-hybridized carbons (Fsp3) is 0.458. The van der Waals surface area contributed by atoms with Crippen LogP contribution < -0.4 is 27.0 Å². The van der Waals surface area contributed by atoms with Crippen molar-refractivity contribution in [2.75, 3.05) is 64.7 Å². The lowest BCUT2D eigenvalue weighted by atomic mass is 10.0. The van der Waals surface area contributed by atoms with Gasteiger partial charge in [-0.1, -0.05) is 137 Å². The molecular weight excluding hydrogens is 1310 g/mol. The first kappa shape index (κ1) is 79.2. The summed E-state index contributed by atoms with van der Waals surface area (Å²) in [4.78, 5) is 107. The summed E-state index contributed by atoms with van der Waals surface area (Å²) in [5.41, 5.74) is 11.6. The number of nitrogens with one attached hydrogen (secondary N) is 4. The quantitative estimate of drug-likeness (QED) is 0.0182. The molecule has 2 aromatic heterocycles. The number of aromatic nitrogens is 2. The molecule has 27 heteroatoms. The maximum Gasteiger partial charge on any atom is 0.429 e. The number of methoxy groups -OCH3 is 2. The van der Waals surface area contributed by atoms with Crippen molar-refractivity contribution < 1.29 is 66.7 Å². The zero-order valence-corrected chi connectivity index (χ0v) is 61.3. The number of ether oxygens (including phenoxy) is 7. The van der Waals surface area contributed by atoms with E-state index in [0.717, 1.165) is 52.8 Å². The summed E-state index contributed by atoms with van der Waals surface area (Å²) in [6, 6.07) is 33.4. The summed E-state index contributed by atoms with van der Waals surface area (Å²) in [6.07, 6.45) is -3.10. The van der Waals surface area contributed by atoms with Crippen LogP contribution in [0.15, 0.2) is 115 Å². The van der Waals surface area contributed by atoms with E-state index in [9.17, 15) is 33.6 Å². The van der Waals surface area contributed by atoms with Gasteiger partial charge in [0.1, 0.15) is 29.4 Å². The average molecular weight is 1400 g/mol. The Hall–Kier alpha value is -8.83. The van der Waals surface area contributed by atoms with Crippen molar-refractivity contribution in [2.45, 2.75) is 164 Å². The smallest absolute Gasteiger partial charge is 0.429 e. The van der Waals surface area contributed by atoms with Gasteiger partial charge < -0.3 is 59.3 Å². The van der Waals surface area contributed by atoms with Gasteiger partial charge >= 0.3 is 24.3 Å². The molecule has 4 atom stereocenters. The van der Waals surface area contributed by atoms with E-state index in [2.05, 4.69) is 31.2 Å². The second kappa shape index (κ2) is 36.8.